The second-order valence-electron chi connectivity index (χ2n) is 5.06. The summed E-state index contributed by atoms with van der Waals surface area (Å²) in [5.41, 5.74) is 2.62. The van der Waals surface area contributed by atoms with Gasteiger partial charge in [-0.3, -0.25) is 0 Å². The van der Waals surface area contributed by atoms with Crippen molar-refractivity contribution in [3.63, 3.8) is 0 Å². The minimum absolute atomic E-state index is 0.373. The molecule has 0 spiro atoms. The number of aromatic nitrogens is 2. The van der Waals surface area contributed by atoms with Crippen LogP contribution in [0, 0.1) is 11.6 Å². The van der Waals surface area contributed by atoms with Gasteiger partial charge in [-0.2, -0.15) is 0 Å². The number of rotatable bonds is 3. The number of fused-ring (bicyclic) bond motifs is 1. The fourth-order valence-corrected chi connectivity index (χ4v) is 2.41. The minimum atomic E-state index is -0.909. The first kappa shape index (κ1) is 14.4. The normalized spacial score (nSPS) is 15.0. The van der Waals surface area contributed by atoms with Crippen molar-refractivity contribution < 1.29 is 8.78 Å². The lowest BCUT2D eigenvalue weighted by molar-refractivity contribution is 0.510. The quantitative estimate of drug-likeness (QED) is 0.906. The van der Waals surface area contributed by atoms with E-state index in [0.717, 1.165) is 30.7 Å². The van der Waals surface area contributed by atoms with E-state index in [2.05, 4.69) is 21.4 Å². The predicted octanol–water partition coefficient (Wildman–Crippen LogP) is 4.50. The summed E-state index contributed by atoms with van der Waals surface area (Å²) in [5.74, 6) is -1.33. The molecule has 0 fully saturated rings. The number of nitrogens with one attached hydrogen (secondary N) is 1. The third kappa shape index (κ3) is 2.88. The first-order valence-electron chi connectivity index (χ1n) is 7.06. The Morgan fingerprint density at radius 2 is 1.91 bits per heavy atom. The highest BCUT2D eigenvalue weighted by Gasteiger charge is 2.11. The average Bonchev–Trinajstić information content (AvgIpc) is 2.51. The molecule has 1 aliphatic carbocycles. The van der Waals surface area contributed by atoms with Crippen molar-refractivity contribution >= 4 is 16.7 Å². The second-order valence-corrected chi connectivity index (χ2v) is 5.06. The first-order valence-corrected chi connectivity index (χ1v) is 7.06. The topological polar surface area (TPSA) is 37.8 Å². The molecule has 1 aromatic carbocycles. The molecule has 3 nitrogen and oxygen atoms in total. The molecule has 0 radical (unpaired) electrons. The highest BCUT2D eigenvalue weighted by molar-refractivity contribution is 5.89. The summed E-state index contributed by atoms with van der Waals surface area (Å²) in [4.78, 5) is 8.12. The van der Waals surface area contributed by atoms with Crippen molar-refractivity contribution in [3.05, 3.63) is 65.7 Å². The first-order chi connectivity index (χ1) is 10.7. The lowest BCUT2D eigenvalue weighted by Crippen LogP contribution is -2.05. The van der Waals surface area contributed by atoms with E-state index in [4.69, 9.17) is 0 Å². The smallest absolute Gasteiger partial charge is 0.161 e. The Morgan fingerprint density at radius 1 is 1.09 bits per heavy atom. The number of benzene rings is 1. The lowest BCUT2D eigenvalue weighted by Gasteiger charge is -2.15. The van der Waals surface area contributed by atoms with Crippen molar-refractivity contribution in [1.29, 1.82) is 0 Å². The van der Waals surface area contributed by atoms with E-state index in [9.17, 15) is 8.78 Å². The Hall–Kier alpha value is -2.56. The SMILES string of the molecule is C/C=C/C1=CC=C(Nc2ncnc3cc(F)c(F)cc23)CC1. The van der Waals surface area contributed by atoms with E-state index in [1.54, 1.807) is 0 Å². The summed E-state index contributed by atoms with van der Waals surface area (Å²) in [7, 11) is 0. The summed E-state index contributed by atoms with van der Waals surface area (Å²) in [6.07, 6.45) is 11.2. The maximum atomic E-state index is 13.5. The molecule has 3 rings (SSSR count). The van der Waals surface area contributed by atoms with E-state index in [1.807, 2.05) is 25.2 Å². The van der Waals surface area contributed by atoms with Crippen LogP contribution in [0.5, 0.6) is 0 Å². The maximum absolute atomic E-state index is 13.5. The highest BCUT2D eigenvalue weighted by atomic mass is 19.2. The molecule has 0 saturated heterocycles. The fourth-order valence-electron chi connectivity index (χ4n) is 2.41. The van der Waals surface area contributed by atoms with Crippen LogP contribution in [0.1, 0.15) is 19.8 Å². The van der Waals surface area contributed by atoms with Gasteiger partial charge in [-0.25, -0.2) is 18.7 Å². The van der Waals surface area contributed by atoms with Gasteiger partial charge < -0.3 is 5.32 Å². The van der Waals surface area contributed by atoms with Crippen LogP contribution < -0.4 is 5.32 Å². The Morgan fingerprint density at radius 3 is 2.64 bits per heavy atom. The van der Waals surface area contributed by atoms with Crippen LogP contribution in [-0.2, 0) is 0 Å². The van der Waals surface area contributed by atoms with Crippen LogP contribution in [0.4, 0.5) is 14.6 Å². The molecular weight excluding hydrogens is 284 g/mol. The molecule has 0 amide bonds. The van der Waals surface area contributed by atoms with Gasteiger partial charge in [0.2, 0.25) is 0 Å². The zero-order chi connectivity index (χ0) is 15.5. The van der Waals surface area contributed by atoms with E-state index < -0.39 is 11.6 Å². The van der Waals surface area contributed by atoms with E-state index in [0.29, 0.717) is 16.7 Å². The van der Waals surface area contributed by atoms with Gasteiger partial charge in [-0.05, 0) is 37.5 Å². The zero-order valence-corrected chi connectivity index (χ0v) is 12.1. The number of allylic oxidation sites excluding steroid dienone is 6. The van der Waals surface area contributed by atoms with Gasteiger partial charge in [0.25, 0.3) is 0 Å². The maximum Gasteiger partial charge on any atom is 0.161 e. The molecule has 0 atom stereocenters. The third-order valence-electron chi connectivity index (χ3n) is 3.52. The van der Waals surface area contributed by atoms with Gasteiger partial charge >= 0.3 is 0 Å². The van der Waals surface area contributed by atoms with Crippen LogP contribution in [0.3, 0.4) is 0 Å². The van der Waals surface area contributed by atoms with Crippen molar-refractivity contribution in [1.82, 2.24) is 9.97 Å². The minimum Gasteiger partial charge on any atom is -0.343 e. The van der Waals surface area contributed by atoms with Crippen molar-refractivity contribution in [2.45, 2.75) is 19.8 Å². The monoisotopic (exact) mass is 299 g/mol. The van der Waals surface area contributed by atoms with Crippen LogP contribution >= 0.6 is 0 Å². The summed E-state index contributed by atoms with van der Waals surface area (Å²) >= 11 is 0. The second kappa shape index (κ2) is 6.05. The van der Waals surface area contributed by atoms with Crippen LogP contribution in [0.15, 0.2) is 54.0 Å². The number of anilines is 1. The number of hydrogen-bond donors (Lipinski definition) is 1. The zero-order valence-electron chi connectivity index (χ0n) is 12.1. The summed E-state index contributed by atoms with van der Waals surface area (Å²) < 4.78 is 26.7. The Balaban J connectivity index is 1.93. The van der Waals surface area contributed by atoms with Gasteiger partial charge in [0, 0.05) is 17.1 Å². The van der Waals surface area contributed by atoms with Crippen molar-refractivity contribution in [2.75, 3.05) is 5.32 Å². The molecule has 0 aliphatic heterocycles. The van der Waals surface area contributed by atoms with Crippen LogP contribution in [0.2, 0.25) is 0 Å². The molecule has 1 N–H and O–H groups in total. The molecule has 1 aromatic heterocycles. The Bertz CT molecular complexity index is 807. The molecule has 1 aliphatic rings. The number of nitrogens with zero attached hydrogens (tertiary/aromatic N) is 2. The Kier molecular flexibility index (Phi) is 3.96. The third-order valence-corrected chi connectivity index (χ3v) is 3.52. The molecule has 0 unspecified atom stereocenters. The molecule has 2 aromatic rings. The molecule has 112 valence electrons. The molecule has 0 saturated carbocycles. The van der Waals surface area contributed by atoms with Gasteiger partial charge in [-0.15, -0.1) is 0 Å². The molecule has 5 heteroatoms. The van der Waals surface area contributed by atoms with Gasteiger partial charge in [0.1, 0.15) is 12.1 Å². The van der Waals surface area contributed by atoms with E-state index in [-0.39, 0.29) is 0 Å². The lowest BCUT2D eigenvalue weighted by atomic mass is 10.0. The van der Waals surface area contributed by atoms with Gasteiger partial charge in [-0.1, -0.05) is 18.2 Å². The van der Waals surface area contributed by atoms with Crippen LogP contribution in [0.25, 0.3) is 10.9 Å². The predicted molar refractivity (Wildman–Crippen MR) is 83.3 cm³/mol. The molecule has 1 heterocycles. The molecule has 0 bridgehead atoms. The van der Waals surface area contributed by atoms with E-state index >= 15 is 0 Å². The van der Waals surface area contributed by atoms with Crippen molar-refractivity contribution in [3.8, 4) is 0 Å². The fraction of sp³-hybridized carbons (Fsp3) is 0.176. The van der Waals surface area contributed by atoms with Crippen molar-refractivity contribution in [2.24, 2.45) is 0 Å². The van der Waals surface area contributed by atoms with Gasteiger partial charge in [0.15, 0.2) is 11.6 Å². The van der Waals surface area contributed by atoms with E-state index in [1.165, 1.54) is 11.9 Å². The highest BCUT2D eigenvalue weighted by Crippen LogP contribution is 2.26. The molecular formula is C17H15F2N3. The van der Waals surface area contributed by atoms with Crippen LogP contribution in [-0.4, -0.2) is 9.97 Å². The standard InChI is InChI=1S/C17H15F2N3/c1-2-3-11-4-6-12(7-5-11)22-17-13-8-14(18)15(19)9-16(13)20-10-21-17/h2-4,6,8-10H,5,7H2,1H3,(H,20,21,22)/b3-2+. The summed E-state index contributed by atoms with van der Waals surface area (Å²) in [6, 6.07) is 2.20. The summed E-state index contributed by atoms with van der Waals surface area (Å²) in [5, 5.41) is 3.65. The number of halogens is 2. The largest absolute Gasteiger partial charge is 0.343 e. The van der Waals surface area contributed by atoms with Gasteiger partial charge in [0.05, 0.1) is 5.52 Å². The average molecular weight is 299 g/mol. The molecule has 22 heavy (non-hydrogen) atoms. The Labute approximate surface area is 127 Å². The number of hydrogen-bond acceptors (Lipinski definition) is 3. The summed E-state index contributed by atoms with van der Waals surface area (Å²) in [6.45, 7) is 1.99.